The number of rotatable bonds is 4. The first-order chi connectivity index (χ1) is 8.70. The molecule has 0 aliphatic rings. The van der Waals surface area contributed by atoms with E-state index in [1.165, 1.54) is 12.1 Å². The highest BCUT2D eigenvalue weighted by Crippen LogP contribution is 2.29. The van der Waals surface area contributed by atoms with Gasteiger partial charge in [-0.2, -0.15) is 13.2 Å². The van der Waals surface area contributed by atoms with Crippen LogP contribution < -0.4 is 11.1 Å². The van der Waals surface area contributed by atoms with Gasteiger partial charge in [0, 0.05) is 18.0 Å². The molecule has 0 saturated heterocycles. The van der Waals surface area contributed by atoms with Gasteiger partial charge in [0.25, 0.3) is 5.91 Å². The van der Waals surface area contributed by atoms with Gasteiger partial charge in [-0.1, -0.05) is 18.3 Å². The fourth-order valence-electron chi connectivity index (χ4n) is 1.50. The largest absolute Gasteiger partial charge is 0.416 e. The Morgan fingerprint density at radius 1 is 1.47 bits per heavy atom. The molecule has 104 valence electrons. The summed E-state index contributed by atoms with van der Waals surface area (Å²) in [5.74, 6) is -0.588. The first-order valence-corrected chi connectivity index (χ1v) is 5.87. The normalized spacial score (nSPS) is 12.8. The Morgan fingerprint density at radius 2 is 2.11 bits per heavy atom. The monoisotopic (exact) mass is 290 g/mol. The van der Waals surface area contributed by atoms with Crippen molar-refractivity contribution in [1.82, 2.24) is 5.32 Å². The van der Waals surface area contributed by atoms with Crippen LogP contribution in [-0.4, -0.2) is 16.9 Å². The number of nitrogens with two attached hydrogens (primary N) is 1. The summed E-state index contributed by atoms with van der Waals surface area (Å²) >= 11 is 4.69. The summed E-state index contributed by atoms with van der Waals surface area (Å²) in [7, 11) is 0. The summed E-state index contributed by atoms with van der Waals surface area (Å²) < 4.78 is 37.5. The number of carbonyl (C=O) groups is 1. The molecule has 0 radical (unpaired) electrons. The van der Waals surface area contributed by atoms with Gasteiger partial charge in [0.1, 0.15) is 0 Å². The third-order valence-electron chi connectivity index (χ3n) is 2.34. The SMILES string of the molecule is CC(CC(N)=S)NC(=O)c1cccc(C(F)(F)F)c1. The van der Waals surface area contributed by atoms with Crippen molar-refractivity contribution in [2.24, 2.45) is 5.73 Å². The third-order valence-corrected chi connectivity index (χ3v) is 2.50. The molecular weight excluding hydrogens is 277 g/mol. The van der Waals surface area contributed by atoms with E-state index in [-0.39, 0.29) is 16.6 Å². The summed E-state index contributed by atoms with van der Waals surface area (Å²) in [6.07, 6.45) is -4.18. The van der Waals surface area contributed by atoms with Crippen molar-refractivity contribution in [2.45, 2.75) is 25.6 Å². The number of thiocarbonyl (C=S) groups is 1. The molecule has 1 rings (SSSR count). The van der Waals surface area contributed by atoms with Crippen LogP contribution in [0.3, 0.4) is 0 Å². The Morgan fingerprint density at radius 3 is 2.63 bits per heavy atom. The fraction of sp³-hybridized carbons (Fsp3) is 0.333. The second-order valence-corrected chi connectivity index (χ2v) is 4.65. The number of benzene rings is 1. The van der Waals surface area contributed by atoms with Gasteiger partial charge in [0.05, 0.1) is 10.6 Å². The van der Waals surface area contributed by atoms with Crippen LogP contribution >= 0.6 is 12.2 Å². The first-order valence-electron chi connectivity index (χ1n) is 5.46. The summed E-state index contributed by atoms with van der Waals surface area (Å²) in [6, 6.07) is 3.89. The van der Waals surface area contributed by atoms with Gasteiger partial charge in [-0.3, -0.25) is 4.79 Å². The van der Waals surface area contributed by atoms with Crippen LogP contribution in [-0.2, 0) is 6.18 Å². The van der Waals surface area contributed by atoms with E-state index < -0.39 is 17.6 Å². The number of amides is 1. The van der Waals surface area contributed by atoms with E-state index in [9.17, 15) is 18.0 Å². The highest BCUT2D eigenvalue weighted by Gasteiger charge is 2.30. The quantitative estimate of drug-likeness (QED) is 0.838. The van der Waals surface area contributed by atoms with Crippen LogP contribution in [0.15, 0.2) is 24.3 Å². The number of alkyl halides is 3. The summed E-state index contributed by atoms with van der Waals surface area (Å²) in [4.78, 5) is 12.0. The molecular formula is C12H13F3N2OS. The average Bonchev–Trinajstić information content (AvgIpc) is 2.26. The Hall–Kier alpha value is -1.63. The van der Waals surface area contributed by atoms with E-state index in [2.05, 4.69) is 17.5 Å². The van der Waals surface area contributed by atoms with Gasteiger partial charge in [-0.15, -0.1) is 0 Å². The van der Waals surface area contributed by atoms with Crippen LogP contribution in [0.2, 0.25) is 0 Å². The zero-order chi connectivity index (χ0) is 14.6. The Labute approximate surface area is 114 Å². The van der Waals surface area contributed by atoms with Gasteiger partial charge >= 0.3 is 6.18 Å². The van der Waals surface area contributed by atoms with Gasteiger partial charge in [0.2, 0.25) is 0 Å². The molecule has 1 atom stereocenters. The maximum Gasteiger partial charge on any atom is 0.416 e. The van der Waals surface area contributed by atoms with Crippen molar-refractivity contribution in [3.63, 3.8) is 0 Å². The molecule has 0 aliphatic heterocycles. The fourth-order valence-corrected chi connectivity index (χ4v) is 1.75. The molecule has 0 bridgehead atoms. The highest BCUT2D eigenvalue weighted by molar-refractivity contribution is 7.80. The maximum atomic E-state index is 12.5. The van der Waals surface area contributed by atoms with E-state index >= 15 is 0 Å². The molecule has 0 aromatic heterocycles. The summed E-state index contributed by atoms with van der Waals surface area (Å²) in [5, 5.41) is 2.53. The van der Waals surface area contributed by atoms with Crippen LogP contribution in [0.5, 0.6) is 0 Å². The van der Waals surface area contributed by atoms with E-state index in [0.29, 0.717) is 6.42 Å². The van der Waals surface area contributed by atoms with E-state index in [1.54, 1.807) is 6.92 Å². The Balaban J connectivity index is 2.80. The number of hydrogen-bond acceptors (Lipinski definition) is 2. The molecule has 0 fully saturated rings. The van der Waals surface area contributed by atoms with Crippen molar-refractivity contribution >= 4 is 23.1 Å². The lowest BCUT2D eigenvalue weighted by molar-refractivity contribution is -0.137. The summed E-state index contributed by atoms with van der Waals surface area (Å²) in [5.41, 5.74) is 4.41. The number of hydrogen-bond donors (Lipinski definition) is 2. The zero-order valence-electron chi connectivity index (χ0n) is 10.1. The minimum Gasteiger partial charge on any atom is -0.393 e. The van der Waals surface area contributed by atoms with Crippen molar-refractivity contribution in [3.05, 3.63) is 35.4 Å². The lowest BCUT2D eigenvalue weighted by Gasteiger charge is -2.14. The van der Waals surface area contributed by atoms with Crippen molar-refractivity contribution in [1.29, 1.82) is 0 Å². The van der Waals surface area contributed by atoms with Gasteiger partial charge in [-0.25, -0.2) is 0 Å². The minimum absolute atomic E-state index is 0.0513. The Kier molecular flexibility index (Phi) is 4.88. The molecule has 3 N–H and O–H groups in total. The molecule has 1 amide bonds. The molecule has 1 aromatic carbocycles. The Bertz CT molecular complexity index is 488. The standard InChI is InChI=1S/C12H13F3N2OS/c1-7(5-10(16)19)17-11(18)8-3-2-4-9(6-8)12(13,14)15/h2-4,6-7H,5H2,1H3,(H2,16,19)(H,17,18). The lowest BCUT2D eigenvalue weighted by Crippen LogP contribution is -2.35. The molecule has 19 heavy (non-hydrogen) atoms. The van der Waals surface area contributed by atoms with Crippen molar-refractivity contribution < 1.29 is 18.0 Å². The topological polar surface area (TPSA) is 55.1 Å². The van der Waals surface area contributed by atoms with E-state index in [4.69, 9.17) is 5.73 Å². The van der Waals surface area contributed by atoms with Gasteiger partial charge in [-0.05, 0) is 25.1 Å². The molecule has 1 unspecified atom stereocenters. The molecule has 0 aliphatic carbocycles. The first kappa shape index (κ1) is 15.4. The second kappa shape index (κ2) is 6.01. The lowest BCUT2D eigenvalue weighted by atomic mass is 10.1. The maximum absolute atomic E-state index is 12.5. The minimum atomic E-state index is -4.47. The average molecular weight is 290 g/mol. The molecule has 0 spiro atoms. The van der Waals surface area contributed by atoms with E-state index in [0.717, 1.165) is 12.1 Å². The third kappa shape index (κ3) is 4.86. The summed E-state index contributed by atoms with van der Waals surface area (Å²) in [6.45, 7) is 1.67. The molecule has 3 nitrogen and oxygen atoms in total. The molecule has 0 heterocycles. The van der Waals surface area contributed by atoms with Crippen LogP contribution in [0.1, 0.15) is 29.3 Å². The molecule has 7 heteroatoms. The van der Waals surface area contributed by atoms with Gasteiger partial charge in [0.15, 0.2) is 0 Å². The van der Waals surface area contributed by atoms with Gasteiger partial charge < -0.3 is 11.1 Å². The predicted molar refractivity (Wildman–Crippen MR) is 69.8 cm³/mol. The van der Waals surface area contributed by atoms with Crippen molar-refractivity contribution in [3.8, 4) is 0 Å². The van der Waals surface area contributed by atoms with Crippen molar-refractivity contribution in [2.75, 3.05) is 0 Å². The zero-order valence-corrected chi connectivity index (χ0v) is 10.9. The number of carbonyl (C=O) groups excluding carboxylic acids is 1. The van der Waals surface area contributed by atoms with E-state index in [1.807, 2.05) is 0 Å². The van der Waals surface area contributed by atoms with Crippen LogP contribution in [0.25, 0.3) is 0 Å². The van der Waals surface area contributed by atoms with Crippen LogP contribution in [0.4, 0.5) is 13.2 Å². The van der Waals surface area contributed by atoms with Crippen LogP contribution in [0, 0.1) is 0 Å². The number of nitrogens with one attached hydrogen (secondary N) is 1. The number of halogens is 3. The predicted octanol–water partition coefficient (Wildman–Crippen LogP) is 2.50. The second-order valence-electron chi connectivity index (χ2n) is 4.12. The molecule has 0 saturated carbocycles. The smallest absolute Gasteiger partial charge is 0.393 e. The highest BCUT2D eigenvalue weighted by atomic mass is 32.1. The molecule has 1 aromatic rings.